The Morgan fingerprint density at radius 3 is 2.82 bits per heavy atom. The van der Waals surface area contributed by atoms with Gasteiger partial charge in [-0.1, -0.05) is 24.3 Å². The lowest BCUT2D eigenvalue weighted by molar-refractivity contribution is 0.0619. The van der Waals surface area contributed by atoms with Crippen LogP contribution < -0.4 is 15.4 Å². The minimum Gasteiger partial charge on any atom is -0.487 e. The number of nitrogens with one attached hydrogen (secondary N) is 2. The van der Waals surface area contributed by atoms with Gasteiger partial charge in [0.15, 0.2) is 5.13 Å². The molecule has 0 aliphatic carbocycles. The Morgan fingerprint density at radius 2 is 2.04 bits per heavy atom. The van der Waals surface area contributed by atoms with Crippen molar-refractivity contribution in [1.82, 2.24) is 10.3 Å². The fourth-order valence-electron chi connectivity index (χ4n) is 3.45. The van der Waals surface area contributed by atoms with Gasteiger partial charge in [0.25, 0.3) is 5.91 Å². The van der Waals surface area contributed by atoms with Crippen molar-refractivity contribution < 1.29 is 9.53 Å². The monoisotopic (exact) mass is 393 g/mol. The highest BCUT2D eigenvalue weighted by Gasteiger charge is 2.34. The van der Waals surface area contributed by atoms with Crippen molar-refractivity contribution in [2.75, 3.05) is 5.32 Å². The zero-order valence-corrected chi connectivity index (χ0v) is 17.0. The minimum atomic E-state index is -0.335. The van der Waals surface area contributed by atoms with Gasteiger partial charge in [0.2, 0.25) is 0 Å². The summed E-state index contributed by atoms with van der Waals surface area (Å²) in [4.78, 5) is 17.4. The maximum atomic E-state index is 12.9. The molecule has 0 fully saturated rings. The van der Waals surface area contributed by atoms with Crippen molar-refractivity contribution in [3.63, 3.8) is 0 Å². The molecule has 4 rings (SSSR count). The molecule has 1 aliphatic heterocycles. The van der Waals surface area contributed by atoms with Crippen LogP contribution >= 0.6 is 11.3 Å². The summed E-state index contributed by atoms with van der Waals surface area (Å²) in [5.74, 6) is 0.732. The molecule has 1 atom stereocenters. The maximum Gasteiger partial charge on any atom is 0.251 e. The molecule has 0 saturated carbocycles. The van der Waals surface area contributed by atoms with Gasteiger partial charge in [0.05, 0.1) is 11.7 Å². The van der Waals surface area contributed by atoms with E-state index >= 15 is 0 Å². The summed E-state index contributed by atoms with van der Waals surface area (Å²) in [5.41, 5.74) is 3.11. The number of carbonyl (C=O) groups is 1. The van der Waals surface area contributed by atoms with Crippen molar-refractivity contribution in [2.24, 2.45) is 0 Å². The van der Waals surface area contributed by atoms with E-state index in [9.17, 15) is 4.79 Å². The zero-order chi connectivity index (χ0) is 19.7. The van der Waals surface area contributed by atoms with Crippen LogP contribution in [0.25, 0.3) is 0 Å². The second-order valence-corrected chi connectivity index (χ2v) is 8.49. The number of rotatable bonds is 4. The molecular weight excluding hydrogens is 370 g/mol. The van der Waals surface area contributed by atoms with E-state index in [0.717, 1.165) is 27.8 Å². The summed E-state index contributed by atoms with van der Waals surface area (Å²) in [6.45, 7) is 6.05. The molecule has 2 heterocycles. The number of para-hydroxylation sites is 1. The van der Waals surface area contributed by atoms with Crippen molar-refractivity contribution in [3.05, 3.63) is 70.7 Å². The van der Waals surface area contributed by atoms with Crippen LogP contribution in [-0.2, 0) is 0 Å². The Morgan fingerprint density at radius 1 is 1.21 bits per heavy atom. The predicted octanol–water partition coefficient (Wildman–Crippen LogP) is 5.23. The van der Waals surface area contributed by atoms with Gasteiger partial charge >= 0.3 is 0 Å². The lowest BCUT2D eigenvalue weighted by Crippen LogP contribution is -2.41. The Balaban J connectivity index is 1.53. The maximum absolute atomic E-state index is 12.9. The van der Waals surface area contributed by atoms with Crippen LogP contribution in [0.15, 0.2) is 53.9 Å². The molecule has 2 N–H and O–H groups in total. The van der Waals surface area contributed by atoms with E-state index in [-0.39, 0.29) is 17.6 Å². The van der Waals surface area contributed by atoms with Crippen molar-refractivity contribution in [1.29, 1.82) is 0 Å². The second kappa shape index (κ2) is 7.28. The molecule has 1 aromatic heterocycles. The van der Waals surface area contributed by atoms with Crippen molar-refractivity contribution >= 4 is 28.1 Å². The molecule has 0 saturated heterocycles. The highest BCUT2D eigenvalue weighted by molar-refractivity contribution is 7.13. The number of aryl methyl sites for hydroxylation is 1. The van der Waals surface area contributed by atoms with E-state index in [2.05, 4.69) is 15.6 Å². The molecule has 3 aromatic rings. The summed E-state index contributed by atoms with van der Waals surface area (Å²) >= 11 is 1.54. The molecule has 0 bridgehead atoms. The third-order valence-electron chi connectivity index (χ3n) is 4.68. The Labute approximate surface area is 168 Å². The largest absolute Gasteiger partial charge is 0.487 e. The third-order valence-corrected chi connectivity index (χ3v) is 5.55. The van der Waals surface area contributed by atoms with E-state index < -0.39 is 0 Å². The smallest absolute Gasteiger partial charge is 0.251 e. The Bertz CT molecular complexity index is 1010. The number of anilines is 2. The highest BCUT2D eigenvalue weighted by atomic mass is 32.1. The van der Waals surface area contributed by atoms with Gasteiger partial charge in [-0.3, -0.25) is 4.79 Å². The quantitative estimate of drug-likeness (QED) is 0.637. The predicted molar refractivity (Wildman–Crippen MR) is 113 cm³/mol. The van der Waals surface area contributed by atoms with Gasteiger partial charge in [-0.25, -0.2) is 4.98 Å². The van der Waals surface area contributed by atoms with Gasteiger partial charge in [0, 0.05) is 28.6 Å². The first-order valence-corrected chi connectivity index (χ1v) is 10.2. The second-order valence-electron chi connectivity index (χ2n) is 7.63. The number of hydrogen-bond donors (Lipinski definition) is 2. The molecule has 1 amide bonds. The summed E-state index contributed by atoms with van der Waals surface area (Å²) in [7, 11) is 0. The normalized spacial score (nSPS) is 17.3. The van der Waals surface area contributed by atoms with E-state index in [0.29, 0.717) is 12.0 Å². The number of ether oxygens (including phenoxy) is 1. The Hall–Kier alpha value is -2.86. The molecule has 0 unspecified atom stereocenters. The van der Waals surface area contributed by atoms with Gasteiger partial charge in [-0.2, -0.15) is 0 Å². The van der Waals surface area contributed by atoms with Crippen LogP contribution in [0.3, 0.4) is 0 Å². The number of thiazole rings is 1. The topological polar surface area (TPSA) is 63.2 Å². The first kappa shape index (κ1) is 18.5. The molecule has 1 aliphatic rings. The first-order valence-electron chi connectivity index (χ1n) is 9.28. The molecule has 144 valence electrons. The highest BCUT2D eigenvalue weighted by Crippen LogP contribution is 2.39. The van der Waals surface area contributed by atoms with Crippen LogP contribution in [-0.4, -0.2) is 16.5 Å². The fraction of sp³-hybridized carbons (Fsp3) is 0.273. The fourth-order valence-corrected chi connectivity index (χ4v) is 4.15. The SMILES string of the molecule is Cc1csc(Nc2cccc(C(=O)N[C@@H]3CC(C)(C)Oc4ccccc43)c2)n1. The molecule has 28 heavy (non-hydrogen) atoms. The average molecular weight is 394 g/mol. The molecule has 6 heteroatoms. The third kappa shape index (κ3) is 4.02. The van der Waals surface area contributed by atoms with Gasteiger partial charge < -0.3 is 15.4 Å². The minimum absolute atomic E-state index is 0.0920. The van der Waals surface area contributed by atoms with Gasteiger partial charge in [-0.15, -0.1) is 11.3 Å². The van der Waals surface area contributed by atoms with E-state index in [1.807, 2.05) is 74.7 Å². The number of nitrogens with zero attached hydrogens (tertiary/aromatic N) is 1. The standard InChI is InChI=1S/C22H23N3O2S/c1-14-13-28-21(23-14)24-16-8-6-7-15(11-16)20(26)25-18-12-22(2,3)27-19-10-5-4-9-17(18)19/h4-11,13,18H,12H2,1-3H3,(H,23,24)(H,25,26)/t18-/m1/s1. The lowest BCUT2D eigenvalue weighted by Gasteiger charge is -2.37. The van der Waals surface area contributed by atoms with Crippen LogP contribution in [0.5, 0.6) is 5.75 Å². The lowest BCUT2D eigenvalue weighted by atomic mass is 9.89. The number of fused-ring (bicyclic) bond motifs is 1. The van der Waals surface area contributed by atoms with E-state index in [1.165, 1.54) is 0 Å². The summed E-state index contributed by atoms with van der Waals surface area (Å²) in [5, 5.41) is 9.25. The van der Waals surface area contributed by atoms with Gasteiger partial charge in [-0.05, 0) is 45.0 Å². The van der Waals surface area contributed by atoms with Gasteiger partial charge in [0.1, 0.15) is 11.4 Å². The number of hydrogen-bond acceptors (Lipinski definition) is 5. The van der Waals surface area contributed by atoms with Crippen LogP contribution in [0.1, 0.15) is 47.9 Å². The number of amides is 1. The average Bonchev–Trinajstić information content (AvgIpc) is 3.05. The molecule has 5 nitrogen and oxygen atoms in total. The number of benzene rings is 2. The summed E-state index contributed by atoms with van der Waals surface area (Å²) in [6, 6.07) is 15.3. The van der Waals surface area contributed by atoms with Crippen LogP contribution in [0.4, 0.5) is 10.8 Å². The van der Waals surface area contributed by atoms with Crippen LogP contribution in [0.2, 0.25) is 0 Å². The molecule has 0 spiro atoms. The summed E-state index contributed by atoms with van der Waals surface area (Å²) in [6.07, 6.45) is 0.714. The van der Waals surface area contributed by atoms with E-state index in [4.69, 9.17) is 4.74 Å². The summed E-state index contributed by atoms with van der Waals surface area (Å²) < 4.78 is 6.06. The molecular formula is C22H23N3O2S. The van der Waals surface area contributed by atoms with Crippen molar-refractivity contribution in [3.8, 4) is 5.75 Å². The van der Waals surface area contributed by atoms with Crippen molar-refractivity contribution in [2.45, 2.75) is 38.8 Å². The molecule has 2 aromatic carbocycles. The molecule has 0 radical (unpaired) electrons. The Kier molecular flexibility index (Phi) is 4.81. The number of aromatic nitrogens is 1. The van der Waals surface area contributed by atoms with E-state index in [1.54, 1.807) is 11.3 Å². The van der Waals surface area contributed by atoms with Crippen LogP contribution in [0, 0.1) is 6.92 Å². The zero-order valence-electron chi connectivity index (χ0n) is 16.2. The number of carbonyl (C=O) groups excluding carboxylic acids is 1. The first-order chi connectivity index (χ1) is 13.4.